The van der Waals surface area contributed by atoms with Crippen molar-refractivity contribution in [2.24, 2.45) is 0 Å². The topological polar surface area (TPSA) is 24.1 Å². The van der Waals surface area contributed by atoms with Gasteiger partial charge in [-0.1, -0.05) is 91.0 Å². The van der Waals surface area contributed by atoms with Crippen LogP contribution in [0.15, 0.2) is 91.0 Å². The zero-order valence-corrected chi connectivity index (χ0v) is 12.9. The van der Waals surface area contributed by atoms with Crippen molar-refractivity contribution in [3.63, 3.8) is 0 Å². The lowest BCUT2D eigenvalue weighted by atomic mass is 9.95. The second kappa shape index (κ2) is 6.37. The molecule has 2 nitrogen and oxygen atoms in total. The lowest BCUT2D eigenvalue weighted by molar-refractivity contribution is 0.554. The van der Waals surface area contributed by atoms with Gasteiger partial charge in [0.1, 0.15) is 0 Å². The lowest BCUT2D eigenvalue weighted by Gasteiger charge is -2.19. The molecule has 0 bridgehead atoms. The number of nitrogens with one attached hydrogen (secondary N) is 2. The molecule has 1 heterocycles. The van der Waals surface area contributed by atoms with E-state index in [9.17, 15) is 0 Å². The van der Waals surface area contributed by atoms with Gasteiger partial charge in [-0.3, -0.25) is 10.6 Å². The van der Waals surface area contributed by atoms with E-state index in [0.29, 0.717) is 0 Å². The molecular formula is C21H20N2. The highest BCUT2D eigenvalue weighted by molar-refractivity contribution is 5.32. The summed E-state index contributed by atoms with van der Waals surface area (Å²) >= 11 is 0. The van der Waals surface area contributed by atoms with Crippen LogP contribution in [0.2, 0.25) is 0 Å². The van der Waals surface area contributed by atoms with Crippen molar-refractivity contribution in [1.29, 1.82) is 0 Å². The van der Waals surface area contributed by atoms with Crippen molar-refractivity contribution in [2.75, 3.05) is 0 Å². The molecule has 3 aromatic carbocycles. The van der Waals surface area contributed by atoms with Crippen LogP contribution in [0.1, 0.15) is 34.9 Å². The molecule has 114 valence electrons. The lowest BCUT2D eigenvalue weighted by Crippen LogP contribution is -2.22. The summed E-state index contributed by atoms with van der Waals surface area (Å²) < 4.78 is 0. The van der Waals surface area contributed by atoms with Gasteiger partial charge in [-0.25, -0.2) is 0 Å². The van der Waals surface area contributed by atoms with E-state index in [1.165, 1.54) is 16.7 Å². The average Bonchev–Trinajstić information content (AvgIpc) is 3.09. The first-order valence-corrected chi connectivity index (χ1v) is 8.09. The fourth-order valence-electron chi connectivity index (χ4n) is 3.34. The van der Waals surface area contributed by atoms with Crippen molar-refractivity contribution in [3.05, 3.63) is 108 Å². The Bertz CT molecular complexity index is 693. The molecule has 4 rings (SSSR count). The summed E-state index contributed by atoms with van der Waals surface area (Å²) in [5.41, 5.74) is 3.89. The van der Waals surface area contributed by atoms with Crippen LogP contribution < -0.4 is 10.6 Å². The third-order valence-corrected chi connectivity index (χ3v) is 4.48. The van der Waals surface area contributed by atoms with Crippen LogP contribution in [0.4, 0.5) is 0 Å². The standard InChI is InChI=1S/C21H20N2/c1-4-10-16(11-5-1)19-20(17-12-6-2-7-13-17)23-21(22-19)18-14-8-3-9-15-18/h1-15,19-23H/t19-,20+,21?. The van der Waals surface area contributed by atoms with E-state index in [1.807, 2.05) is 0 Å². The van der Waals surface area contributed by atoms with Gasteiger partial charge in [0.2, 0.25) is 0 Å². The molecule has 1 fully saturated rings. The van der Waals surface area contributed by atoms with Crippen LogP contribution in [-0.4, -0.2) is 0 Å². The molecule has 23 heavy (non-hydrogen) atoms. The van der Waals surface area contributed by atoms with Gasteiger partial charge < -0.3 is 0 Å². The molecule has 0 aromatic heterocycles. The second-order valence-electron chi connectivity index (χ2n) is 5.95. The van der Waals surface area contributed by atoms with Gasteiger partial charge in [0.15, 0.2) is 0 Å². The van der Waals surface area contributed by atoms with Crippen LogP contribution >= 0.6 is 0 Å². The smallest absolute Gasteiger partial charge is 0.0846 e. The van der Waals surface area contributed by atoms with Gasteiger partial charge >= 0.3 is 0 Å². The van der Waals surface area contributed by atoms with Crippen LogP contribution in [0.25, 0.3) is 0 Å². The molecule has 1 aliphatic heterocycles. The largest absolute Gasteiger partial charge is 0.289 e. The number of hydrogen-bond acceptors (Lipinski definition) is 2. The highest BCUT2D eigenvalue weighted by Gasteiger charge is 2.35. The summed E-state index contributed by atoms with van der Waals surface area (Å²) in [4.78, 5) is 0. The first kappa shape index (κ1) is 14.2. The Balaban J connectivity index is 1.70. The Morgan fingerprint density at radius 1 is 0.435 bits per heavy atom. The second-order valence-corrected chi connectivity index (χ2v) is 5.95. The molecule has 3 atom stereocenters. The maximum Gasteiger partial charge on any atom is 0.0846 e. The van der Waals surface area contributed by atoms with E-state index in [1.54, 1.807) is 0 Å². The minimum atomic E-state index is 0.159. The minimum absolute atomic E-state index is 0.159. The summed E-state index contributed by atoms with van der Waals surface area (Å²) in [6, 6.07) is 32.4. The Kier molecular flexibility index (Phi) is 3.93. The van der Waals surface area contributed by atoms with Gasteiger partial charge in [0, 0.05) is 0 Å². The Morgan fingerprint density at radius 3 is 1.17 bits per heavy atom. The number of rotatable bonds is 3. The first-order chi connectivity index (χ1) is 11.4. The third-order valence-electron chi connectivity index (χ3n) is 4.48. The average molecular weight is 300 g/mol. The van der Waals surface area contributed by atoms with Crippen molar-refractivity contribution >= 4 is 0 Å². The predicted molar refractivity (Wildman–Crippen MR) is 93.8 cm³/mol. The van der Waals surface area contributed by atoms with Gasteiger partial charge in [0.05, 0.1) is 18.2 Å². The summed E-state index contributed by atoms with van der Waals surface area (Å²) in [5, 5.41) is 7.52. The fraction of sp³-hybridized carbons (Fsp3) is 0.143. The van der Waals surface area contributed by atoms with E-state index in [-0.39, 0.29) is 18.2 Å². The highest BCUT2D eigenvalue weighted by Crippen LogP contribution is 2.37. The Morgan fingerprint density at radius 2 is 0.783 bits per heavy atom. The van der Waals surface area contributed by atoms with Gasteiger partial charge in [-0.2, -0.15) is 0 Å². The van der Waals surface area contributed by atoms with Gasteiger partial charge in [-0.05, 0) is 16.7 Å². The van der Waals surface area contributed by atoms with Crippen molar-refractivity contribution in [3.8, 4) is 0 Å². The Hall–Kier alpha value is -2.42. The molecule has 2 heteroatoms. The van der Waals surface area contributed by atoms with Crippen LogP contribution in [0.3, 0.4) is 0 Å². The molecule has 0 saturated carbocycles. The molecule has 0 amide bonds. The normalized spacial score (nSPS) is 23.7. The Labute approximate surface area is 137 Å². The van der Waals surface area contributed by atoms with Crippen molar-refractivity contribution in [2.45, 2.75) is 18.2 Å². The molecule has 0 spiro atoms. The van der Waals surface area contributed by atoms with Gasteiger partial charge in [0.25, 0.3) is 0 Å². The quantitative estimate of drug-likeness (QED) is 0.751. The van der Waals surface area contributed by atoms with E-state index >= 15 is 0 Å². The molecule has 0 radical (unpaired) electrons. The van der Waals surface area contributed by atoms with E-state index in [4.69, 9.17) is 0 Å². The van der Waals surface area contributed by atoms with Crippen LogP contribution in [0, 0.1) is 0 Å². The van der Waals surface area contributed by atoms with Crippen molar-refractivity contribution in [1.82, 2.24) is 10.6 Å². The minimum Gasteiger partial charge on any atom is -0.289 e. The summed E-state index contributed by atoms with van der Waals surface area (Å²) in [6.07, 6.45) is 0.159. The molecule has 1 aliphatic rings. The summed E-state index contributed by atoms with van der Waals surface area (Å²) in [5.74, 6) is 0. The highest BCUT2D eigenvalue weighted by atomic mass is 15.2. The van der Waals surface area contributed by atoms with Gasteiger partial charge in [-0.15, -0.1) is 0 Å². The zero-order chi connectivity index (χ0) is 15.5. The first-order valence-electron chi connectivity index (χ1n) is 8.09. The maximum absolute atomic E-state index is 3.76. The molecule has 2 N–H and O–H groups in total. The molecule has 3 aromatic rings. The fourth-order valence-corrected chi connectivity index (χ4v) is 3.34. The molecular weight excluding hydrogens is 280 g/mol. The van der Waals surface area contributed by atoms with Crippen LogP contribution in [0.5, 0.6) is 0 Å². The SMILES string of the molecule is c1ccc(C2N[C@H](c3ccccc3)[C@H](c3ccccc3)N2)cc1. The summed E-state index contributed by atoms with van der Waals surface area (Å²) in [6.45, 7) is 0. The zero-order valence-electron chi connectivity index (χ0n) is 12.9. The summed E-state index contributed by atoms with van der Waals surface area (Å²) in [7, 11) is 0. The predicted octanol–water partition coefficient (Wildman–Crippen LogP) is 4.36. The third kappa shape index (κ3) is 2.91. The van der Waals surface area contributed by atoms with E-state index < -0.39 is 0 Å². The van der Waals surface area contributed by atoms with E-state index in [2.05, 4.69) is 102 Å². The van der Waals surface area contributed by atoms with Crippen molar-refractivity contribution < 1.29 is 0 Å². The molecule has 1 saturated heterocycles. The molecule has 1 unspecified atom stereocenters. The maximum atomic E-state index is 3.76. The van der Waals surface area contributed by atoms with Crippen LogP contribution in [-0.2, 0) is 0 Å². The van der Waals surface area contributed by atoms with E-state index in [0.717, 1.165) is 0 Å². The number of hydrogen-bond donors (Lipinski definition) is 2. The molecule has 0 aliphatic carbocycles. The number of benzene rings is 3. The monoisotopic (exact) mass is 300 g/mol.